The van der Waals surface area contributed by atoms with Gasteiger partial charge in [0.1, 0.15) is 5.49 Å². The van der Waals surface area contributed by atoms with Gasteiger partial charge in [0.15, 0.2) is 5.16 Å². The molecule has 0 unspecified atom stereocenters. The summed E-state index contributed by atoms with van der Waals surface area (Å²) in [5.74, 6) is 0.0675. The highest BCUT2D eigenvalue weighted by Crippen LogP contribution is 2.20. The molecule has 0 spiro atoms. The highest BCUT2D eigenvalue weighted by atomic mass is 32.2. The van der Waals surface area contributed by atoms with Crippen LogP contribution in [0.3, 0.4) is 0 Å². The zero-order chi connectivity index (χ0) is 19.2. The van der Waals surface area contributed by atoms with Crippen LogP contribution in [-0.2, 0) is 6.42 Å². The van der Waals surface area contributed by atoms with Crippen LogP contribution < -0.4 is 5.49 Å². The quantitative estimate of drug-likeness (QED) is 0.575. The van der Waals surface area contributed by atoms with Crippen molar-refractivity contribution in [1.29, 1.82) is 0 Å². The van der Waals surface area contributed by atoms with Crippen molar-refractivity contribution in [2.45, 2.75) is 70.0 Å². The lowest BCUT2D eigenvalue weighted by molar-refractivity contribution is 0.0897. The third-order valence-corrected chi connectivity index (χ3v) is 5.72. The molecule has 2 aromatic rings. The molecule has 1 fully saturated rings. The van der Waals surface area contributed by atoms with E-state index >= 15 is 0 Å². The van der Waals surface area contributed by atoms with Gasteiger partial charge < -0.3 is 0 Å². The smallest absolute Gasteiger partial charge is 0.232 e. The summed E-state index contributed by atoms with van der Waals surface area (Å²) in [6.45, 7) is 3.99. The summed E-state index contributed by atoms with van der Waals surface area (Å²) in [5, 5.41) is 0.783. The minimum Gasteiger partial charge on any atom is -0.274 e. The first-order chi connectivity index (χ1) is 13.1. The molecule has 0 amide bonds. The van der Waals surface area contributed by atoms with Crippen molar-refractivity contribution in [3.8, 4) is 0 Å². The number of carbonyl (C=O) groups excluding carboxylic acids is 1. The molecule has 0 N–H and O–H groups in total. The second kappa shape index (κ2) is 9.31. The van der Waals surface area contributed by atoms with Crippen LogP contribution in [0.1, 0.15) is 60.3 Å². The zero-order valence-electron chi connectivity index (χ0n) is 16.4. The fourth-order valence-electron chi connectivity index (χ4n) is 3.66. The minimum atomic E-state index is 0.0675. The van der Waals surface area contributed by atoms with Crippen LogP contribution in [-0.4, -0.2) is 32.7 Å². The highest BCUT2D eigenvalue weighted by molar-refractivity contribution is 7.98. The Balaban J connectivity index is 1.77. The van der Waals surface area contributed by atoms with E-state index in [0.717, 1.165) is 40.4 Å². The first-order valence-electron chi connectivity index (χ1n) is 9.71. The van der Waals surface area contributed by atoms with E-state index in [0.29, 0.717) is 18.9 Å². The third-order valence-electron chi connectivity index (χ3n) is 5.17. The molecule has 1 saturated carbocycles. The molecule has 6 heteroatoms. The summed E-state index contributed by atoms with van der Waals surface area (Å²) in [4.78, 5) is 26.8. The Morgan fingerprint density at radius 2 is 1.89 bits per heavy atom. The largest absolute Gasteiger partial charge is 0.274 e. The molecule has 2 heterocycles. The van der Waals surface area contributed by atoms with Gasteiger partial charge in [-0.1, -0.05) is 37.1 Å². The minimum absolute atomic E-state index is 0.0675. The van der Waals surface area contributed by atoms with Gasteiger partial charge in [-0.05, 0) is 57.1 Å². The van der Waals surface area contributed by atoms with Crippen molar-refractivity contribution in [1.82, 2.24) is 14.5 Å². The molecule has 0 aliphatic heterocycles. The van der Waals surface area contributed by atoms with E-state index < -0.39 is 0 Å². The van der Waals surface area contributed by atoms with Crippen LogP contribution in [0.5, 0.6) is 0 Å². The van der Waals surface area contributed by atoms with Crippen LogP contribution in [0.4, 0.5) is 0 Å². The van der Waals surface area contributed by atoms with Gasteiger partial charge in [-0.2, -0.15) is 0 Å². The maximum absolute atomic E-state index is 12.9. The molecule has 2 aromatic heterocycles. The fraction of sp³-hybridized carbons (Fsp3) is 0.524. The molecule has 144 valence electrons. The van der Waals surface area contributed by atoms with E-state index in [1.807, 2.05) is 44.5 Å². The Kier molecular flexibility index (Phi) is 6.83. The SMILES string of the molecule is CSc1nc(C)c(CCC(=O)n2ccccc2=NC2CCCCC2)c(C)n1. The Morgan fingerprint density at radius 3 is 2.56 bits per heavy atom. The summed E-state index contributed by atoms with van der Waals surface area (Å²) < 4.78 is 1.70. The second-order valence-corrected chi connectivity index (χ2v) is 7.88. The topological polar surface area (TPSA) is 60.1 Å². The summed E-state index contributed by atoms with van der Waals surface area (Å²) in [6.07, 6.45) is 10.9. The van der Waals surface area contributed by atoms with Crippen molar-refractivity contribution in [2.75, 3.05) is 6.26 Å². The van der Waals surface area contributed by atoms with E-state index in [1.54, 1.807) is 4.57 Å². The zero-order valence-corrected chi connectivity index (χ0v) is 17.3. The number of carbonyl (C=O) groups is 1. The fourth-order valence-corrected chi connectivity index (χ4v) is 4.12. The van der Waals surface area contributed by atoms with Gasteiger partial charge in [0.25, 0.3) is 0 Å². The molecule has 0 aromatic carbocycles. The summed E-state index contributed by atoms with van der Waals surface area (Å²) >= 11 is 1.54. The van der Waals surface area contributed by atoms with Gasteiger partial charge in [0, 0.05) is 24.0 Å². The number of hydrogen-bond acceptors (Lipinski definition) is 5. The van der Waals surface area contributed by atoms with Crippen LogP contribution in [0.25, 0.3) is 0 Å². The van der Waals surface area contributed by atoms with Gasteiger partial charge >= 0.3 is 0 Å². The van der Waals surface area contributed by atoms with Crippen molar-refractivity contribution in [3.63, 3.8) is 0 Å². The van der Waals surface area contributed by atoms with Gasteiger partial charge in [0.2, 0.25) is 5.91 Å². The van der Waals surface area contributed by atoms with E-state index in [-0.39, 0.29) is 5.91 Å². The predicted octanol–water partition coefficient (Wildman–Crippen LogP) is 4.12. The normalized spacial score (nSPS) is 15.9. The molecule has 1 aliphatic carbocycles. The van der Waals surface area contributed by atoms with Gasteiger partial charge in [-0.15, -0.1) is 0 Å². The molecule has 5 nitrogen and oxygen atoms in total. The molecule has 0 atom stereocenters. The third kappa shape index (κ3) is 5.06. The predicted molar refractivity (Wildman–Crippen MR) is 109 cm³/mol. The number of nitrogens with zero attached hydrogens (tertiary/aromatic N) is 4. The van der Waals surface area contributed by atoms with Crippen molar-refractivity contribution in [3.05, 3.63) is 46.8 Å². The van der Waals surface area contributed by atoms with Gasteiger partial charge in [0.05, 0.1) is 6.04 Å². The average Bonchev–Trinajstić information content (AvgIpc) is 2.68. The molecule has 27 heavy (non-hydrogen) atoms. The molecule has 0 bridgehead atoms. The number of thioether (sulfide) groups is 1. The van der Waals surface area contributed by atoms with Crippen molar-refractivity contribution in [2.24, 2.45) is 4.99 Å². The number of rotatable bonds is 5. The summed E-state index contributed by atoms with van der Waals surface area (Å²) in [7, 11) is 0. The molecule has 3 rings (SSSR count). The first kappa shape index (κ1) is 19.8. The lowest BCUT2D eigenvalue weighted by Gasteiger charge is -2.18. The number of pyridine rings is 1. The second-order valence-electron chi connectivity index (χ2n) is 7.10. The van der Waals surface area contributed by atoms with E-state index in [9.17, 15) is 4.79 Å². The first-order valence-corrected chi connectivity index (χ1v) is 10.9. The van der Waals surface area contributed by atoms with Crippen LogP contribution in [0.2, 0.25) is 0 Å². The Labute approximate surface area is 165 Å². The highest BCUT2D eigenvalue weighted by Gasteiger charge is 2.14. The molecular weight excluding hydrogens is 356 g/mol. The van der Waals surface area contributed by atoms with Gasteiger partial charge in [-0.3, -0.25) is 14.4 Å². The Hall–Kier alpha value is -1.95. The molecule has 1 aliphatic rings. The van der Waals surface area contributed by atoms with E-state index in [4.69, 9.17) is 4.99 Å². The lowest BCUT2D eigenvalue weighted by Crippen LogP contribution is -2.29. The monoisotopic (exact) mass is 384 g/mol. The lowest BCUT2D eigenvalue weighted by atomic mass is 9.96. The Morgan fingerprint density at radius 1 is 1.19 bits per heavy atom. The van der Waals surface area contributed by atoms with Crippen molar-refractivity contribution < 1.29 is 4.79 Å². The number of hydrogen-bond donors (Lipinski definition) is 0. The number of aromatic nitrogens is 3. The van der Waals surface area contributed by atoms with Crippen LogP contribution in [0, 0.1) is 13.8 Å². The summed E-state index contributed by atoms with van der Waals surface area (Å²) in [5.41, 5.74) is 3.77. The molecule has 0 radical (unpaired) electrons. The summed E-state index contributed by atoms with van der Waals surface area (Å²) in [6, 6.07) is 6.14. The molecule has 0 saturated heterocycles. The van der Waals surface area contributed by atoms with Crippen LogP contribution in [0.15, 0.2) is 34.5 Å². The average molecular weight is 385 g/mol. The molecular formula is C21H28N4OS. The van der Waals surface area contributed by atoms with Crippen molar-refractivity contribution >= 4 is 17.7 Å². The maximum atomic E-state index is 12.9. The Bertz CT molecular complexity index is 845. The maximum Gasteiger partial charge on any atom is 0.232 e. The van der Waals surface area contributed by atoms with E-state index in [1.165, 1.54) is 31.0 Å². The standard InChI is InChI=1S/C21H28N4OS/c1-15-18(16(2)23-21(22-15)27-3)12-13-20(26)25-14-8-7-11-19(25)24-17-9-5-4-6-10-17/h7-8,11,14,17H,4-6,9-10,12-13H2,1-3H3. The number of aryl methyl sites for hydroxylation is 2. The van der Waals surface area contributed by atoms with Gasteiger partial charge in [-0.25, -0.2) is 9.97 Å². The van der Waals surface area contributed by atoms with E-state index in [2.05, 4.69) is 9.97 Å². The van der Waals surface area contributed by atoms with Crippen LogP contribution >= 0.6 is 11.8 Å².